The molecule has 0 saturated carbocycles. The summed E-state index contributed by atoms with van der Waals surface area (Å²) in [5.41, 5.74) is 0.886. The van der Waals surface area contributed by atoms with Gasteiger partial charge in [0.15, 0.2) is 11.0 Å². The number of aromatic nitrogens is 3. The molecule has 2 aromatic carbocycles. The summed E-state index contributed by atoms with van der Waals surface area (Å²) < 4.78 is 7.62. The van der Waals surface area contributed by atoms with Gasteiger partial charge in [0.25, 0.3) is 0 Å². The third kappa shape index (κ3) is 5.87. The number of nitrogens with one attached hydrogen (secondary N) is 1. The van der Waals surface area contributed by atoms with Crippen LogP contribution in [0.3, 0.4) is 0 Å². The summed E-state index contributed by atoms with van der Waals surface area (Å²) >= 11 is 7.17. The summed E-state index contributed by atoms with van der Waals surface area (Å²) in [6, 6.07) is 16.0. The van der Waals surface area contributed by atoms with Gasteiger partial charge in [-0.1, -0.05) is 41.6 Å². The Hall–Kier alpha value is -3.28. The quantitative estimate of drug-likeness (QED) is 0.373. The smallest absolute Gasteiger partial charge is 0.237 e. The molecule has 1 atom stereocenters. The molecule has 0 saturated heterocycles. The number of amides is 1. The first-order valence-corrected chi connectivity index (χ1v) is 10.7. The fraction of sp³-hybridized carbons (Fsp3) is 0.182. The predicted molar refractivity (Wildman–Crippen MR) is 121 cm³/mol. The number of hydrogen-bond acceptors (Lipinski definition) is 6. The van der Waals surface area contributed by atoms with Crippen LogP contribution in [0.2, 0.25) is 5.02 Å². The van der Waals surface area contributed by atoms with Crippen molar-refractivity contribution < 1.29 is 9.53 Å². The second-order valence-corrected chi connectivity index (χ2v) is 8.19. The Balaban J connectivity index is 1.68. The lowest BCUT2D eigenvalue weighted by molar-refractivity contribution is -0.115. The van der Waals surface area contributed by atoms with Gasteiger partial charge in [0.1, 0.15) is 18.4 Å². The fourth-order valence-electron chi connectivity index (χ4n) is 2.64. The van der Waals surface area contributed by atoms with Crippen LogP contribution in [0.25, 0.3) is 0 Å². The third-order valence-electron chi connectivity index (χ3n) is 4.24. The Morgan fingerprint density at radius 2 is 2.06 bits per heavy atom. The second kappa shape index (κ2) is 10.7. The molecule has 9 heteroatoms. The molecule has 0 fully saturated rings. The summed E-state index contributed by atoms with van der Waals surface area (Å²) in [4.78, 5) is 12.6. The molecule has 7 nitrogen and oxygen atoms in total. The number of para-hydroxylation sites is 1. The van der Waals surface area contributed by atoms with Crippen LogP contribution < -0.4 is 10.1 Å². The predicted octanol–water partition coefficient (Wildman–Crippen LogP) is 4.69. The number of carbonyl (C=O) groups excluding carboxylic acids is 1. The van der Waals surface area contributed by atoms with Crippen molar-refractivity contribution in [3.8, 4) is 11.8 Å². The SMILES string of the molecule is C=CCn1c(COc2ccc(Cl)cc2)nnc1SC(C)C(=O)Nc1ccccc1C#N. The molecule has 0 radical (unpaired) electrons. The minimum atomic E-state index is -0.468. The first kappa shape index (κ1) is 22.4. The number of nitriles is 1. The van der Waals surface area contributed by atoms with E-state index in [1.807, 2.05) is 4.57 Å². The van der Waals surface area contributed by atoms with Gasteiger partial charge in [-0.3, -0.25) is 9.36 Å². The van der Waals surface area contributed by atoms with Crippen LogP contribution >= 0.6 is 23.4 Å². The van der Waals surface area contributed by atoms with Gasteiger partial charge in [0.05, 0.1) is 16.5 Å². The molecule has 1 unspecified atom stereocenters. The van der Waals surface area contributed by atoms with E-state index in [0.29, 0.717) is 39.5 Å². The highest BCUT2D eigenvalue weighted by atomic mass is 35.5. The molecule has 1 aromatic heterocycles. The van der Waals surface area contributed by atoms with Crippen LogP contribution in [0.15, 0.2) is 66.3 Å². The normalized spacial score (nSPS) is 11.4. The van der Waals surface area contributed by atoms with Crippen molar-refractivity contribution >= 4 is 35.0 Å². The van der Waals surface area contributed by atoms with Gasteiger partial charge in [0.2, 0.25) is 5.91 Å². The maximum absolute atomic E-state index is 12.6. The zero-order chi connectivity index (χ0) is 22.2. The first-order valence-electron chi connectivity index (χ1n) is 9.39. The Morgan fingerprint density at radius 3 is 2.77 bits per heavy atom. The number of rotatable bonds is 9. The lowest BCUT2D eigenvalue weighted by atomic mass is 10.2. The number of allylic oxidation sites excluding steroid dienone is 1. The molecular weight excluding hydrogens is 434 g/mol. The van der Waals surface area contributed by atoms with Gasteiger partial charge in [-0.2, -0.15) is 5.26 Å². The minimum absolute atomic E-state index is 0.207. The van der Waals surface area contributed by atoms with Crippen LogP contribution in [-0.4, -0.2) is 25.9 Å². The molecule has 1 N–H and O–H groups in total. The molecule has 0 aliphatic rings. The summed E-state index contributed by atoms with van der Waals surface area (Å²) in [6.07, 6.45) is 1.73. The van der Waals surface area contributed by atoms with E-state index in [9.17, 15) is 10.1 Å². The first-order chi connectivity index (χ1) is 15.0. The molecule has 3 rings (SSSR count). The van der Waals surface area contributed by atoms with Crippen LogP contribution in [0.4, 0.5) is 5.69 Å². The minimum Gasteiger partial charge on any atom is -0.486 e. The number of anilines is 1. The average Bonchev–Trinajstić information content (AvgIpc) is 3.15. The van der Waals surface area contributed by atoms with Gasteiger partial charge in [-0.05, 0) is 43.3 Å². The van der Waals surface area contributed by atoms with E-state index in [2.05, 4.69) is 28.2 Å². The lowest BCUT2D eigenvalue weighted by Gasteiger charge is -2.13. The topological polar surface area (TPSA) is 92.8 Å². The van der Waals surface area contributed by atoms with Crippen molar-refractivity contribution in [3.63, 3.8) is 0 Å². The molecule has 0 bridgehead atoms. The third-order valence-corrected chi connectivity index (χ3v) is 5.58. The van der Waals surface area contributed by atoms with Gasteiger partial charge < -0.3 is 10.1 Å². The molecule has 1 amide bonds. The molecule has 158 valence electrons. The van der Waals surface area contributed by atoms with Crippen molar-refractivity contribution in [1.82, 2.24) is 14.8 Å². The highest BCUT2D eigenvalue weighted by molar-refractivity contribution is 8.00. The van der Waals surface area contributed by atoms with Gasteiger partial charge in [-0.25, -0.2) is 0 Å². The number of nitrogens with zero attached hydrogens (tertiary/aromatic N) is 4. The number of halogens is 1. The molecule has 0 aliphatic heterocycles. The Labute approximate surface area is 189 Å². The largest absolute Gasteiger partial charge is 0.486 e. The van der Waals surface area contributed by atoms with Crippen molar-refractivity contribution in [2.45, 2.75) is 30.5 Å². The zero-order valence-corrected chi connectivity index (χ0v) is 18.4. The van der Waals surface area contributed by atoms with E-state index in [4.69, 9.17) is 16.3 Å². The number of ether oxygens (including phenoxy) is 1. The summed E-state index contributed by atoms with van der Waals surface area (Å²) in [7, 11) is 0. The van der Waals surface area contributed by atoms with E-state index < -0.39 is 5.25 Å². The molecule has 0 aliphatic carbocycles. The number of thioether (sulfide) groups is 1. The standard InChI is InChI=1S/C22H20ClN5O2S/c1-3-12-28-20(14-30-18-10-8-17(23)9-11-18)26-27-22(28)31-15(2)21(29)25-19-7-5-4-6-16(19)13-24/h3-11,15H,1,12,14H2,2H3,(H,25,29). The Morgan fingerprint density at radius 1 is 1.32 bits per heavy atom. The Kier molecular flexibility index (Phi) is 7.70. The van der Waals surface area contributed by atoms with E-state index >= 15 is 0 Å². The fourth-order valence-corrected chi connectivity index (χ4v) is 3.64. The molecule has 1 heterocycles. The van der Waals surface area contributed by atoms with Gasteiger partial charge >= 0.3 is 0 Å². The summed E-state index contributed by atoms with van der Waals surface area (Å²) in [5, 5.41) is 21.2. The van der Waals surface area contributed by atoms with E-state index in [-0.39, 0.29) is 12.5 Å². The Bertz CT molecular complexity index is 1110. The maximum atomic E-state index is 12.6. The second-order valence-electron chi connectivity index (χ2n) is 6.45. The van der Waals surface area contributed by atoms with Crippen LogP contribution in [-0.2, 0) is 17.9 Å². The highest BCUT2D eigenvalue weighted by Crippen LogP contribution is 2.25. The van der Waals surface area contributed by atoms with Crippen molar-refractivity contribution in [3.05, 3.63) is 77.6 Å². The molecule has 0 spiro atoms. The maximum Gasteiger partial charge on any atom is 0.237 e. The van der Waals surface area contributed by atoms with Crippen LogP contribution in [0.5, 0.6) is 5.75 Å². The lowest BCUT2D eigenvalue weighted by Crippen LogP contribution is -2.23. The number of carbonyl (C=O) groups is 1. The summed E-state index contributed by atoms with van der Waals surface area (Å²) in [6.45, 7) is 6.23. The van der Waals surface area contributed by atoms with Crippen molar-refractivity contribution in [2.24, 2.45) is 0 Å². The average molecular weight is 454 g/mol. The number of hydrogen-bond donors (Lipinski definition) is 1. The zero-order valence-electron chi connectivity index (χ0n) is 16.8. The van der Waals surface area contributed by atoms with Gasteiger partial charge in [0, 0.05) is 11.6 Å². The highest BCUT2D eigenvalue weighted by Gasteiger charge is 2.21. The van der Waals surface area contributed by atoms with E-state index in [1.54, 1.807) is 61.5 Å². The molecular formula is C22H20ClN5O2S. The van der Waals surface area contributed by atoms with Crippen molar-refractivity contribution in [1.29, 1.82) is 5.26 Å². The van der Waals surface area contributed by atoms with E-state index in [1.165, 1.54) is 11.8 Å². The van der Waals surface area contributed by atoms with Crippen LogP contribution in [0, 0.1) is 11.3 Å². The monoisotopic (exact) mass is 453 g/mol. The summed E-state index contributed by atoms with van der Waals surface area (Å²) in [5.74, 6) is 1.04. The van der Waals surface area contributed by atoms with Crippen LogP contribution in [0.1, 0.15) is 18.3 Å². The number of benzene rings is 2. The molecule has 3 aromatic rings. The van der Waals surface area contributed by atoms with Crippen molar-refractivity contribution in [2.75, 3.05) is 5.32 Å². The van der Waals surface area contributed by atoms with Gasteiger partial charge in [-0.15, -0.1) is 16.8 Å². The molecule has 31 heavy (non-hydrogen) atoms. The van der Waals surface area contributed by atoms with E-state index in [0.717, 1.165) is 0 Å².